The predicted molar refractivity (Wildman–Crippen MR) is 96.4 cm³/mol. The maximum absolute atomic E-state index is 12.9. The number of phenolic OH excluding ortho intramolecular Hbond substituents is 1. The van der Waals surface area contributed by atoms with Crippen molar-refractivity contribution in [2.24, 2.45) is 0 Å². The van der Waals surface area contributed by atoms with Gasteiger partial charge >= 0.3 is 0 Å². The largest absolute Gasteiger partial charge is 0.508 e. The van der Waals surface area contributed by atoms with Gasteiger partial charge in [0.25, 0.3) is 5.91 Å². The SMILES string of the molecule is Cc1ccc(C)c2c(C)c(C(=O)N(C)Cc3cccc(O)c3)[nH]c12. The van der Waals surface area contributed by atoms with Gasteiger partial charge in [-0.05, 0) is 55.2 Å². The Morgan fingerprint density at radius 3 is 2.50 bits per heavy atom. The zero-order chi connectivity index (χ0) is 17.4. The normalized spacial score (nSPS) is 11.0. The van der Waals surface area contributed by atoms with Gasteiger partial charge in [0.05, 0.1) is 0 Å². The van der Waals surface area contributed by atoms with Crippen molar-refractivity contribution in [1.29, 1.82) is 0 Å². The molecule has 3 rings (SSSR count). The summed E-state index contributed by atoms with van der Waals surface area (Å²) in [6.07, 6.45) is 0. The molecule has 3 aromatic rings. The maximum Gasteiger partial charge on any atom is 0.270 e. The molecule has 2 aromatic carbocycles. The number of carbonyl (C=O) groups is 1. The van der Waals surface area contributed by atoms with Gasteiger partial charge in [-0.25, -0.2) is 0 Å². The molecule has 24 heavy (non-hydrogen) atoms. The van der Waals surface area contributed by atoms with E-state index < -0.39 is 0 Å². The van der Waals surface area contributed by atoms with E-state index in [0.717, 1.165) is 27.6 Å². The van der Waals surface area contributed by atoms with Crippen LogP contribution in [0.1, 0.15) is 32.7 Å². The van der Waals surface area contributed by atoms with E-state index in [1.54, 1.807) is 30.1 Å². The Bertz CT molecular complexity index is 925. The number of benzene rings is 2. The van der Waals surface area contributed by atoms with Crippen LogP contribution in [-0.2, 0) is 6.54 Å². The lowest BCUT2D eigenvalue weighted by molar-refractivity contribution is 0.0779. The van der Waals surface area contributed by atoms with Gasteiger partial charge in [-0.15, -0.1) is 0 Å². The molecule has 1 aromatic heterocycles. The highest BCUT2D eigenvalue weighted by Gasteiger charge is 2.20. The lowest BCUT2D eigenvalue weighted by Gasteiger charge is -2.17. The van der Waals surface area contributed by atoms with Crippen molar-refractivity contribution in [3.8, 4) is 5.75 Å². The summed E-state index contributed by atoms with van der Waals surface area (Å²) in [7, 11) is 1.77. The molecule has 4 nitrogen and oxygen atoms in total. The Morgan fingerprint density at radius 2 is 1.83 bits per heavy atom. The molecular weight excluding hydrogens is 300 g/mol. The topological polar surface area (TPSA) is 56.3 Å². The predicted octanol–water partition coefficient (Wildman–Crippen LogP) is 4.07. The van der Waals surface area contributed by atoms with Gasteiger partial charge in [0.1, 0.15) is 11.4 Å². The minimum atomic E-state index is -0.0501. The smallest absolute Gasteiger partial charge is 0.270 e. The highest BCUT2D eigenvalue weighted by atomic mass is 16.3. The van der Waals surface area contributed by atoms with Gasteiger partial charge in [-0.2, -0.15) is 0 Å². The molecule has 0 aliphatic carbocycles. The number of aromatic amines is 1. The van der Waals surface area contributed by atoms with E-state index >= 15 is 0 Å². The van der Waals surface area contributed by atoms with Gasteiger partial charge in [0.2, 0.25) is 0 Å². The second kappa shape index (κ2) is 6.04. The molecule has 2 N–H and O–H groups in total. The quantitative estimate of drug-likeness (QED) is 0.763. The number of nitrogens with zero attached hydrogens (tertiary/aromatic N) is 1. The molecule has 0 aliphatic heterocycles. The van der Waals surface area contributed by atoms with Crippen LogP contribution in [0.15, 0.2) is 36.4 Å². The third kappa shape index (κ3) is 2.75. The van der Waals surface area contributed by atoms with Crippen LogP contribution in [0.25, 0.3) is 10.9 Å². The lowest BCUT2D eigenvalue weighted by Crippen LogP contribution is -2.27. The minimum Gasteiger partial charge on any atom is -0.508 e. The van der Waals surface area contributed by atoms with E-state index in [4.69, 9.17) is 0 Å². The molecular formula is C20H22N2O2. The number of hydrogen-bond donors (Lipinski definition) is 2. The number of aromatic nitrogens is 1. The summed E-state index contributed by atoms with van der Waals surface area (Å²) in [6, 6.07) is 11.1. The Balaban J connectivity index is 1.95. The number of carbonyl (C=O) groups excluding carboxylic acids is 1. The summed E-state index contributed by atoms with van der Waals surface area (Å²) >= 11 is 0. The van der Waals surface area contributed by atoms with Crippen molar-refractivity contribution in [1.82, 2.24) is 9.88 Å². The van der Waals surface area contributed by atoms with Gasteiger partial charge in [-0.3, -0.25) is 4.79 Å². The molecule has 0 spiro atoms. The molecule has 1 amide bonds. The van der Waals surface area contributed by atoms with E-state index in [0.29, 0.717) is 12.2 Å². The number of aryl methyl sites for hydroxylation is 3. The highest BCUT2D eigenvalue weighted by Crippen LogP contribution is 2.28. The zero-order valence-electron chi connectivity index (χ0n) is 14.5. The summed E-state index contributed by atoms with van der Waals surface area (Å²) in [5.41, 5.74) is 5.84. The monoisotopic (exact) mass is 322 g/mol. The fourth-order valence-corrected chi connectivity index (χ4v) is 3.20. The van der Waals surface area contributed by atoms with E-state index in [-0.39, 0.29) is 11.7 Å². The summed E-state index contributed by atoms with van der Waals surface area (Å²) in [6.45, 7) is 6.54. The van der Waals surface area contributed by atoms with Crippen molar-refractivity contribution >= 4 is 16.8 Å². The summed E-state index contributed by atoms with van der Waals surface area (Å²) < 4.78 is 0. The number of nitrogens with one attached hydrogen (secondary N) is 1. The van der Waals surface area contributed by atoms with Crippen LogP contribution in [0.5, 0.6) is 5.75 Å². The van der Waals surface area contributed by atoms with Gasteiger partial charge in [0.15, 0.2) is 0 Å². The van der Waals surface area contributed by atoms with E-state index in [1.165, 1.54) is 5.56 Å². The zero-order valence-corrected chi connectivity index (χ0v) is 14.5. The summed E-state index contributed by atoms with van der Waals surface area (Å²) in [5.74, 6) is 0.159. The number of amides is 1. The fraction of sp³-hybridized carbons (Fsp3) is 0.250. The van der Waals surface area contributed by atoms with E-state index in [2.05, 4.69) is 24.0 Å². The first-order valence-corrected chi connectivity index (χ1v) is 8.00. The van der Waals surface area contributed by atoms with Crippen molar-refractivity contribution < 1.29 is 9.90 Å². The van der Waals surface area contributed by atoms with Gasteiger partial charge in [-0.1, -0.05) is 24.3 Å². The molecule has 0 aliphatic rings. The first kappa shape index (κ1) is 16.1. The molecule has 124 valence electrons. The number of phenols is 1. The summed E-state index contributed by atoms with van der Waals surface area (Å²) in [5, 5.41) is 10.7. The number of fused-ring (bicyclic) bond motifs is 1. The number of aromatic hydroxyl groups is 1. The Kier molecular flexibility index (Phi) is 4.06. The summed E-state index contributed by atoms with van der Waals surface area (Å²) in [4.78, 5) is 17.9. The maximum atomic E-state index is 12.9. The average Bonchev–Trinajstić information content (AvgIpc) is 2.89. The molecule has 0 bridgehead atoms. The standard InChI is InChI=1S/C20H22N2O2/c1-12-8-9-13(2)18-17(12)14(3)19(21-18)20(24)22(4)11-15-6-5-7-16(23)10-15/h5-10,21,23H,11H2,1-4H3. The van der Waals surface area contributed by atoms with E-state index in [1.807, 2.05) is 19.9 Å². The highest BCUT2D eigenvalue weighted by molar-refractivity contribution is 6.02. The van der Waals surface area contributed by atoms with Crippen molar-refractivity contribution in [2.45, 2.75) is 27.3 Å². The average molecular weight is 322 g/mol. The molecule has 1 heterocycles. The van der Waals surface area contributed by atoms with Crippen LogP contribution in [0.3, 0.4) is 0 Å². The lowest BCUT2D eigenvalue weighted by atomic mass is 10.0. The first-order valence-electron chi connectivity index (χ1n) is 8.00. The number of rotatable bonds is 3. The molecule has 0 atom stereocenters. The molecule has 0 fully saturated rings. The Labute approximate surface area is 141 Å². The van der Waals surface area contributed by atoms with Crippen molar-refractivity contribution in [3.05, 3.63) is 64.3 Å². The number of H-pyrrole nitrogens is 1. The van der Waals surface area contributed by atoms with Crippen LogP contribution < -0.4 is 0 Å². The Hall–Kier alpha value is -2.75. The first-order chi connectivity index (χ1) is 11.4. The third-order valence-corrected chi connectivity index (χ3v) is 4.51. The molecule has 4 heteroatoms. The Morgan fingerprint density at radius 1 is 1.12 bits per heavy atom. The van der Waals surface area contributed by atoms with Crippen LogP contribution in [0, 0.1) is 20.8 Å². The van der Waals surface area contributed by atoms with E-state index in [9.17, 15) is 9.90 Å². The van der Waals surface area contributed by atoms with Crippen molar-refractivity contribution in [2.75, 3.05) is 7.05 Å². The molecule has 0 radical (unpaired) electrons. The third-order valence-electron chi connectivity index (χ3n) is 4.51. The van der Waals surface area contributed by atoms with Crippen LogP contribution in [0.2, 0.25) is 0 Å². The molecule has 0 saturated carbocycles. The van der Waals surface area contributed by atoms with Crippen molar-refractivity contribution in [3.63, 3.8) is 0 Å². The fourth-order valence-electron chi connectivity index (χ4n) is 3.20. The van der Waals surface area contributed by atoms with Crippen LogP contribution >= 0.6 is 0 Å². The minimum absolute atomic E-state index is 0.0501. The van der Waals surface area contributed by atoms with Crippen LogP contribution in [0.4, 0.5) is 0 Å². The van der Waals surface area contributed by atoms with Gasteiger partial charge in [0, 0.05) is 24.5 Å². The molecule has 0 saturated heterocycles. The van der Waals surface area contributed by atoms with Gasteiger partial charge < -0.3 is 15.0 Å². The second-order valence-electron chi connectivity index (χ2n) is 6.41. The van der Waals surface area contributed by atoms with Crippen LogP contribution in [-0.4, -0.2) is 27.9 Å². The molecule has 0 unspecified atom stereocenters. The second-order valence-corrected chi connectivity index (χ2v) is 6.41. The number of hydrogen-bond acceptors (Lipinski definition) is 2.